The maximum Gasteiger partial charge on any atom is 0.379 e. The van der Waals surface area contributed by atoms with Crippen molar-refractivity contribution in [3.05, 3.63) is 89.4 Å². The normalized spacial score (nSPS) is 13.5. The maximum absolute atomic E-state index is 12.8. The van der Waals surface area contributed by atoms with Crippen LogP contribution < -0.4 is 19.1 Å². The Morgan fingerprint density at radius 3 is 2.50 bits per heavy atom. The third-order valence-electron chi connectivity index (χ3n) is 6.10. The molecule has 36 heavy (non-hydrogen) atoms. The van der Waals surface area contributed by atoms with Crippen molar-refractivity contribution in [3.8, 4) is 17.2 Å². The summed E-state index contributed by atoms with van der Waals surface area (Å²) >= 11 is 0. The highest BCUT2D eigenvalue weighted by Gasteiger charge is 2.28. The average molecular weight is 484 g/mol. The van der Waals surface area contributed by atoms with Gasteiger partial charge in [0.15, 0.2) is 17.1 Å². The lowest BCUT2D eigenvalue weighted by molar-refractivity contribution is 0.0703. The van der Waals surface area contributed by atoms with Crippen molar-refractivity contribution >= 4 is 34.5 Å². The Balaban J connectivity index is 1.33. The number of ketones is 1. The van der Waals surface area contributed by atoms with E-state index in [-0.39, 0.29) is 23.1 Å². The second kappa shape index (κ2) is 9.62. The number of benzene rings is 3. The van der Waals surface area contributed by atoms with Crippen molar-refractivity contribution in [3.63, 3.8) is 0 Å². The van der Waals surface area contributed by atoms with E-state index in [0.29, 0.717) is 22.6 Å². The van der Waals surface area contributed by atoms with E-state index in [1.165, 1.54) is 13.2 Å². The van der Waals surface area contributed by atoms with E-state index in [9.17, 15) is 9.59 Å². The molecule has 0 saturated carbocycles. The monoisotopic (exact) mass is 483 g/mol. The van der Waals surface area contributed by atoms with Gasteiger partial charge in [-0.15, -0.1) is 0 Å². The summed E-state index contributed by atoms with van der Waals surface area (Å²) in [5, 5.41) is 0.726. The van der Waals surface area contributed by atoms with Crippen LogP contribution in [0.2, 0.25) is 0 Å². The fourth-order valence-corrected chi connectivity index (χ4v) is 4.21. The van der Waals surface area contributed by atoms with Crippen LogP contribution in [0.3, 0.4) is 0 Å². The Bertz CT molecular complexity index is 1480. The van der Waals surface area contributed by atoms with Crippen molar-refractivity contribution in [2.45, 2.75) is 13.8 Å². The van der Waals surface area contributed by atoms with Gasteiger partial charge in [0.2, 0.25) is 11.5 Å². The summed E-state index contributed by atoms with van der Waals surface area (Å²) in [5.74, 6) is 0.472. The van der Waals surface area contributed by atoms with Gasteiger partial charge in [-0.05, 0) is 61.9 Å². The maximum atomic E-state index is 12.8. The molecule has 0 radical (unpaired) electrons. The Morgan fingerprint density at radius 2 is 1.78 bits per heavy atom. The average Bonchev–Trinajstić information content (AvgIpc) is 3.47. The van der Waals surface area contributed by atoms with Crippen molar-refractivity contribution in [1.29, 1.82) is 0 Å². The number of carbonyl (C=O) groups is 2. The molecule has 0 saturated heterocycles. The highest BCUT2D eigenvalue weighted by molar-refractivity contribution is 6.14. The van der Waals surface area contributed by atoms with Crippen molar-refractivity contribution < 1.29 is 28.2 Å². The number of hydrogen-bond acceptors (Lipinski definition) is 7. The highest BCUT2D eigenvalue weighted by atomic mass is 16.6. The molecule has 7 heteroatoms. The van der Waals surface area contributed by atoms with E-state index in [1.807, 2.05) is 36.4 Å². The second-order valence-corrected chi connectivity index (χ2v) is 8.24. The van der Waals surface area contributed by atoms with E-state index >= 15 is 0 Å². The molecule has 0 atom stereocenters. The molecule has 1 aromatic heterocycles. The number of rotatable bonds is 7. The molecule has 1 aliphatic rings. The van der Waals surface area contributed by atoms with E-state index in [1.54, 1.807) is 30.3 Å². The first-order valence-corrected chi connectivity index (χ1v) is 11.7. The number of carbonyl (C=O) groups excluding carboxylic acids is 2. The number of ether oxygens (including phenoxy) is 3. The predicted octanol–water partition coefficient (Wildman–Crippen LogP) is 6.12. The van der Waals surface area contributed by atoms with Crippen molar-refractivity contribution in [2.24, 2.45) is 0 Å². The molecule has 0 spiro atoms. The Kier molecular flexibility index (Phi) is 6.21. The van der Waals surface area contributed by atoms with Gasteiger partial charge in [-0.2, -0.15) is 0 Å². The molecule has 0 aliphatic carbocycles. The van der Waals surface area contributed by atoms with E-state index < -0.39 is 5.97 Å². The van der Waals surface area contributed by atoms with Crippen LogP contribution in [0.5, 0.6) is 17.2 Å². The SMILES string of the molecule is CCN(CC)c1ccc(/C=C2\Oc3cc(OC(=O)c4cc5cccc(OC)c5o4)ccc3C2=O)cc1. The van der Waals surface area contributed by atoms with E-state index in [0.717, 1.165) is 29.7 Å². The van der Waals surface area contributed by atoms with Crippen LogP contribution in [0.15, 0.2) is 76.9 Å². The Morgan fingerprint density at radius 1 is 1.00 bits per heavy atom. The topological polar surface area (TPSA) is 78.2 Å². The molecule has 0 N–H and O–H groups in total. The molecule has 0 amide bonds. The molecule has 5 rings (SSSR count). The summed E-state index contributed by atoms with van der Waals surface area (Å²) in [6, 6.07) is 19.6. The number of hydrogen-bond donors (Lipinski definition) is 0. The van der Waals surface area contributed by atoms with Gasteiger partial charge >= 0.3 is 5.97 Å². The molecule has 3 aromatic carbocycles. The predicted molar refractivity (Wildman–Crippen MR) is 137 cm³/mol. The highest BCUT2D eigenvalue weighted by Crippen LogP contribution is 2.36. The molecule has 0 bridgehead atoms. The van der Waals surface area contributed by atoms with Crippen LogP contribution in [0.25, 0.3) is 17.0 Å². The van der Waals surface area contributed by atoms with Crippen LogP contribution in [0.1, 0.15) is 40.3 Å². The van der Waals surface area contributed by atoms with Crippen LogP contribution in [-0.2, 0) is 0 Å². The zero-order chi connectivity index (χ0) is 25.2. The number of methoxy groups -OCH3 is 1. The van der Waals surface area contributed by atoms with Gasteiger partial charge in [-0.25, -0.2) is 4.79 Å². The van der Waals surface area contributed by atoms with E-state index in [4.69, 9.17) is 18.6 Å². The van der Waals surface area contributed by atoms with Gasteiger partial charge in [0.1, 0.15) is 11.5 Å². The summed E-state index contributed by atoms with van der Waals surface area (Å²) in [5.41, 5.74) is 2.86. The first-order chi connectivity index (χ1) is 17.5. The van der Waals surface area contributed by atoms with Gasteiger partial charge in [-0.3, -0.25) is 4.79 Å². The molecule has 182 valence electrons. The summed E-state index contributed by atoms with van der Waals surface area (Å²) in [6.07, 6.45) is 1.71. The van der Waals surface area contributed by atoms with Gasteiger partial charge in [-0.1, -0.05) is 24.3 Å². The second-order valence-electron chi connectivity index (χ2n) is 8.24. The number of para-hydroxylation sites is 1. The molecule has 7 nitrogen and oxygen atoms in total. The van der Waals surface area contributed by atoms with Gasteiger partial charge in [0, 0.05) is 30.2 Å². The molecule has 1 aliphatic heterocycles. The molecule has 2 heterocycles. The number of allylic oxidation sites excluding steroid dienone is 1. The lowest BCUT2D eigenvalue weighted by Gasteiger charge is -2.20. The molecule has 0 fully saturated rings. The van der Waals surface area contributed by atoms with Crippen LogP contribution in [-0.4, -0.2) is 32.0 Å². The largest absolute Gasteiger partial charge is 0.493 e. The minimum absolute atomic E-state index is 0.0423. The quantitative estimate of drug-likeness (QED) is 0.178. The first-order valence-electron chi connectivity index (χ1n) is 11.7. The minimum atomic E-state index is -0.665. The van der Waals surface area contributed by atoms with Gasteiger partial charge in [0.05, 0.1) is 12.7 Å². The number of furan rings is 1. The number of Topliss-reactive ketones (excluding diaryl/α,β-unsaturated/α-hetero) is 1. The summed E-state index contributed by atoms with van der Waals surface area (Å²) in [6.45, 7) is 6.07. The molecular weight excluding hydrogens is 458 g/mol. The van der Waals surface area contributed by atoms with Crippen molar-refractivity contribution in [2.75, 3.05) is 25.1 Å². The van der Waals surface area contributed by atoms with Gasteiger partial charge < -0.3 is 23.5 Å². The lowest BCUT2D eigenvalue weighted by Crippen LogP contribution is -2.21. The number of esters is 1. The Hall–Kier alpha value is -4.52. The summed E-state index contributed by atoms with van der Waals surface area (Å²) in [7, 11) is 1.53. The standard InChI is InChI=1S/C29H25NO6/c1-4-30(5-2)20-11-9-18(10-12-20)15-25-27(31)22-14-13-21(17-24(22)35-25)34-29(32)26-16-19-7-6-8-23(33-3)28(19)36-26/h6-17H,4-5H2,1-3H3/b25-15-. The minimum Gasteiger partial charge on any atom is -0.493 e. The zero-order valence-corrected chi connectivity index (χ0v) is 20.2. The number of fused-ring (bicyclic) bond motifs is 2. The van der Waals surface area contributed by atoms with Crippen LogP contribution in [0, 0.1) is 0 Å². The molecular formula is C29H25NO6. The fraction of sp³-hybridized carbons (Fsp3) is 0.172. The molecule has 4 aromatic rings. The van der Waals surface area contributed by atoms with E-state index in [2.05, 4.69) is 18.7 Å². The van der Waals surface area contributed by atoms with Crippen LogP contribution in [0.4, 0.5) is 5.69 Å². The summed E-state index contributed by atoms with van der Waals surface area (Å²) < 4.78 is 22.2. The summed E-state index contributed by atoms with van der Waals surface area (Å²) in [4.78, 5) is 27.8. The Labute approximate surface area is 208 Å². The zero-order valence-electron chi connectivity index (χ0n) is 20.2. The smallest absolute Gasteiger partial charge is 0.379 e. The third kappa shape index (κ3) is 4.31. The number of nitrogens with zero attached hydrogens (tertiary/aromatic N) is 1. The first kappa shape index (κ1) is 23.2. The third-order valence-corrected chi connectivity index (χ3v) is 6.10. The van der Waals surface area contributed by atoms with Gasteiger partial charge in [0.25, 0.3) is 0 Å². The van der Waals surface area contributed by atoms with Crippen molar-refractivity contribution in [1.82, 2.24) is 0 Å². The number of anilines is 1. The molecule has 0 unspecified atom stereocenters. The van der Waals surface area contributed by atoms with Crippen LogP contribution >= 0.6 is 0 Å². The lowest BCUT2D eigenvalue weighted by atomic mass is 10.1. The fourth-order valence-electron chi connectivity index (χ4n) is 4.21.